The molecule has 5 heteroatoms. The first-order chi connectivity index (χ1) is 7.77. The van der Waals surface area contributed by atoms with Crippen molar-refractivity contribution < 1.29 is 4.79 Å². The third kappa shape index (κ3) is 4.14. The van der Waals surface area contributed by atoms with E-state index in [0.29, 0.717) is 23.9 Å². The van der Waals surface area contributed by atoms with Gasteiger partial charge in [0.1, 0.15) is 6.33 Å². The van der Waals surface area contributed by atoms with Gasteiger partial charge in [0.25, 0.3) is 5.91 Å². The highest BCUT2D eigenvalue weighted by atomic mass is 35.5. The van der Waals surface area contributed by atoms with E-state index >= 15 is 0 Å². The fourth-order valence-corrected chi connectivity index (χ4v) is 1.67. The summed E-state index contributed by atoms with van der Waals surface area (Å²) in [6.45, 7) is 2.74. The molecule has 88 valence electrons. The van der Waals surface area contributed by atoms with Gasteiger partial charge >= 0.3 is 0 Å². The molecule has 1 rings (SSSR count). The zero-order chi connectivity index (χ0) is 11.8. The number of nitrogens with one attached hydrogen (secondary N) is 1. The van der Waals surface area contributed by atoms with Gasteiger partial charge in [-0.1, -0.05) is 13.3 Å². The first-order valence-electron chi connectivity index (χ1n) is 5.37. The fourth-order valence-electron chi connectivity index (χ4n) is 1.36. The van der Waals surface area contributed by atoms with Gasteiger partial charge in [0.2, 0.25) is 0 Å². The molecule has 4 nitrogen and oxygen atoms in total. The lowest BCUT2D eigenvalue weighted by atomic mass is 10.0. The number of carbonyl (C=O) groups is 1. The molecule has 0 bridgehead atoms. The summed E-state index contributed by atoms with van der Waals surface area (Å²) in [4.78, 5) is 19.2. The van der Waals surface area contributed by atoms with Crippen LogP contribution in [0.15, 0.2) is 18.7 Å². The van der Waals surface area contributed by atoms with E-state index in [9.17, 15) is 4.79 Å². The van der Waals surface area contributed by atoms with Gasteiger partial charge in [-0.25, -0.2) is 9.97 Å². The van der Waals surface area contributed by atoms with Crippen LogP contribution >= 0.6 is 11.6 Å². The second kappa shape index (κ2) is 7.17. The first kappa shape index (κ1) is 12.9. The van der Waals surface area contributed by atoms with Crippen molar-refractivity contribution in [1.82, 2.24) is 15.3 Å². The Bertz CT molecular complexity index is 318. The highest BCUT2D eigenvalue weighted by Crippen LogP contribution is 2.08. The maximum atomic E-state index is 11.6. The molecule has 1 N–H and O–H groups in total. The van der Waals surface area contributed by atoms with Crippen molar-refractivity contribution in [3.05, 3.63) is 24.3 Å². The smallest absolute Gasteiger partial charge is 0.254 e. The summed E-state index contributed by atoms with van der Waals surface area (Å²) < 4.78 is 0. The minimum absolute atomic E-state index is 0.131. The van der Waals surface area contributed by atoms with Crippen LogP contribution in [0.4, 0.5) is 0 Å². The van der Waals surface area contributed by atoms with Crippen molar-refractivity contribution in [2.24, 2.45) is 5.92 Å². The van der Waals surface area contributed by atoms with E-state index in [1.165, 1.54) is 18.7 Å². The SMILES string of the molecule is CCC(CCCl)CNC(=O)c1cncnc1. The molecular weight excluding hydrogens is 226 g/mol. The van der Waals surface area contributed by atoms with Crippen molar-refractivity contribution in [2.45, 2.75) is 19.8 Å². The average Bonchev–Trinajstić information content (AvgIpc) is 2.35. The molecule has 1 unspecified atom stereocenters. The van der Waals surface area contributed by atoms with Gasteiger partial charge in [0, 0.05) is 24.8 Å². The van der Waals surface area contributed by atoms with E-state index in [4.69, 9.17) is 11.6 Å². The maximum absolute atomic E-state index is 11.6. The van der Waals surface area contributed by atoms with Crippen molar-refractivity contribution in [1.29, 1.82) is 0 Å². The number of hydrogen-bond donors (Lipinski definition) is 1. The Balaban J connectivity index is 2.40. The Kier molecular flexibility index (Phi) is 5.78. The summed E-state index contributed by atoms with van der Waals surface area (Å²) in [7, 11) is 0. The molecule has 16 heavy (non-hydrogen) atoms. The molecule has 0 spiro atoms. The molecule has 0 aliphatic rings. The lowest BCUT2D eigenvalue weighted by Crippen LogP contribution is -2.29. The zero-order valence-electron chi connectivity index (χ0n) is 9.32. The predicted molar refractivity (Wildman–Crippen MR) is 63.5 cm³/mol. The van der Waals surface area contributed by atoms with Crippen molar-refractivity contribution in [3.63, 3.8) is 0 Å². The van der Waals surface area contributed by atoms with Crippen LogP contribution in [-0.2, 0) is 0 Å². The second-order valence-electron chi connectivity index (χ2n) is 3.59. The highest BCUT2D eigenvalue weighted by Gasteiger charge is 2.09. The highest BCUT2D eigenvalue weighted by molar-refractivity contribution is 6.17. The number of carbonyl (C=O) groups excluding carboxylic acids is 1. The number of amides is 1. The molecular formula is C11H16ClN3O. The molecule has 0 aliphatic carbocycles. The molecule has 0 saturated carbocycles. The van der Waals surface area contributed by atoms with Crippen LogP contribution in [0.5, 0.6) is 0 Å². The fraction of sp³-hybridized carbons (Fsp3) is 0.545. The number of halogens is 1. The van der Waals surface area contributed by atoms with Gasteiger partial charge in [-0.3, -0.25) is 4.79 Å². The van der Waals surface area contributed by atoms with Crippen LogP contribution in [0.3, 0.4) is 0 Å². The summed E-state index contributed by atoms with van der Waals surface area (Å²) in [5, 5.41) is 2.86. The Morgan fingerprint density at radius 1 is 1.50 bits per heavy atom. The van der Waals surface area contributed by atoms with Crippen LogP contribution in [0.2, 0.25) is 0 Å². The summed E-state index contributed by atoms with van der Waals surface area (Å²) in [5.41, 5.74) is 0.489. The van der Waals surface area contributed by atoms with Gasteiger partial charge in [-0.2, -0.15) is 0 Å². The van der Waals surface area contributed by atoms with Crippen LogP contribution in [0.25, 0.3) is 0 Å². The van der Waals surface area contributed by atoms with Crippen molar-refractivity contribution in [2.75, 3.05) is 12.4 Å². The maximum Gasteiger partial charge on any atom is 0.254 e. The third-order valence-electron chi connectivity index (χ3n) is 2.47. The standard InChI is InChI=1S/C11H16ClN3O/c1-2-9(3-4-12)5-15-11(16)10-6-13-8-14-7-10/h6-9H,2-5H2,1H3,(H,15,16). The van der Waals surface area contributed by atoms with Crippen LogP contribution in [-0.4, -0.2) is 28.3 Å². The Morgan fingerprint density at radius 3 is 2.75 bits per heavy atom. The first-order valence-corrected chi connectivity index (χ1v) is 5.90. The van der Waals surface area contributed by atoms with Crippen LogP contribution in [0.1, 0.15) is 30.1 Å². The van der Waals surface area contributed by atoms with E-state index in [1.807, 2.05) is 0 Å². The molecule has 1 amide bonds. The van der Waals surface area contributed by atoms with Crippen molar-refractivity contribution >= 4 is 17.5 Å². The normalized spacial score (nSPS) is 12.1. The van der Waals surface area contributed by atoms with Gasteiger partial charge in [0.15, 0.2) is 0 Å². The molecule has 1 aromatic heterocycles. The number of aromatic nitrogens is 2. The average molecular weight is 242 g/mol. The lowest BCUT2D eigenvalue weighted by molar-refractivity contribution is 0.0945. The molecule has 1 heterocycles. The molecule has 1 atom stereocenters. The lowest BCUT2D eigenvalue weighted by Gasteiger charge is -2.13. The van der Waals surface area contributed by atoms with Gasteiger partial charge < -0.3 is 5.32 Å². The Labute approximate surface area is 100 Å². The minimum atomic E-state index is -0.131. The molecule has 0 aromatic carbocycles. The molecule has 0 aliphatic heterocycles. The summed E-state index contributed by atoms with van der Waals surface area (Å²) in [6.07, 6.45) is 6.34. The van der Waals surface area contributed by atoms with E-state index in [0.717, 1.165) is 12.8 Å². The Morgan fingerprint density at radius 2 is 2.19 bits per heavy atom. The summed E-state index contributed by atoms with van der Waals surface area (Å²) in [6, 6.07) is 0. The van der Waals surface area contributed by atoms with Gasteiger partial charge in [0.05, 0.1) is 5.56 Å². The topological polar surface area (TPSA) is 54.9 Å². The minimum Gasteiger partial charge on any atom is -0.352 e. The van der Waals surface area contributed by atoms with E-state index in [2.05, 4.69) is 22.2 Å². The zero-order valence-corrected chi connectivity index (χ0v) is 10.1. The quantitative estimate of drug-likeness (QED) is 0.774. The summed E-state index contributed by atoms with van der Waals surface area (Å²) >= 11 is 5.67. The number of rotatable bonds is 6. The molecule has 0 radical (unpaired) electrons. The van der Waals surface area contributed by atoms with E-state index < -0.39 is 0 Å². The van der Waals surface area contributed by atoms with Crippen molar-refractivity contribution in [3.8, 4) is 0 Å². The molecule has 1 aromatic rings. The molecule has 0 saturated heterocycles. The number of hydrogen-bond acceptors (Lipinski definition) is 3. The largest absolute Gasteiger partial charge is 0.352 e. The second-order valence-corrected chi connectivity index (χ2v) is 3.97. The van der Waals surface area contributed by atoms with E-state index in [-0.39, 0.29) is 5.91 Å². The van der Waals surface area contributed by atoms with E-state index in [1.54, 1.807) is 0 Å². The third-order valence-corrected chi connectivity index (χ3v) is 2.69. The van der Waals surface area contributed by atoms with Crippen LogP contribution in [0, 0.1) is 5.92 Å². The van der Waals surface area contributed by atoms with Gasteiger partial charge in [-0.15, -0.1) is 11.6 Å². The summed E-state index contributed by atoms with van der Waals surface area (Å²) in [5.74, 6) is 0.933. The van der Waals surface area contributed by atoms with Gasteiger partial charge in [-0.05, 0) is 12.3 Å². The molecule has 0 fully saturated rings. The predicted octanol–water partition coefficient (Wildman–Crippen LogP) is 1.86. The number of alkyl halides is 1. The Hall–Kier alpha value is -1.16. The monoisotopic (exact) mass is 241 g/mol. The van der Waals surface area contributed by atoms with Crippen LogP contribution < -0.4 is 5.32 Å². The number of nitrogens with zero attached hydrogens (tertiary/aromatic N) is 2.